The van der Waals surface area contributed by atoms with Crippen molar-refractivity contribution in [2.75, 3.05) is 6.54 Å². The Hall–Kier alpha value is -0.740. The lowest BCUT2D eigenvalue weighted by atomic mass is 10.3. The van der Waals surface area contributed by atoms with Crippen LogP contribution in [-0.4, -0.2) is 6.54 Å². The van der Waals surface area contributed by atoms with E-state index in [1.807, 2.05) is 0 Å². The molecule has 0 aliphatic carbocycles. The minimum atomic E-state index is 0.564. The Kier molecular flexibility index (Phi) is 3.83. The molecular formula is C5H14N4. The Labute approximate surface area is 55.0 Å². The molecule has 4 nitrogen and oxygen atoms in total. The van der Waals surface area contributed by atoms with Crippen LogP contribution in [0.2, 0.25) is 0 Å². The Balaban J connectivity index is 3.83. The fourth-order valence-electron chi connectivity index (χ4n) is 0.528. The smallest absolute Gasteiger partial charge is 0.0455 e. The summed E-state index contributed by atoms with van der Waals surface area (Å²) in [6.07, 6.45) is 0.707. The second-order valence-electron chi connectivity index (χ2n) is 1.84. The van der Waals surface area contributed by atoms with Gasteiger partial charge in [-0.3, -0.25) is 5.84 Å². The molecule has 0 rings (SSSR count). The number of hydrogen-bond acceptors (Lipinski definition) is 4. The van der Waals surface area contributed by atoms with Gasteiger partial charge < -0.3 is 16.9 Å². The molecule has 0 aromatic carbocycles. The molecular weight excluding hydrogens is 116 g/mol. The van der Waals surface area contributed by atoms with Gasteiger partial charge in [0.2, 0.25) is 0 Å². The molecule has 0 unspecified atom stereocenters. The summed E-state index contributed by atoms with van der Waals surface area (Å²) in [5.41, 5.74) is 14.7. The highest BCUT2D eigenvalue weighted by Crippen LogP contribution is 1.95. The number of hydrogen-bond donors (Lipinski definition) is 4. The Morgan fingerprint density at radius 1 is 1.56 bits per heavy atom. The average Bonchev–Trinajstić information content (AvgIpc) is 1.82. The van der Waals surface area contributed by atoms with Gasteiger partial charge in [0.05, 0.1) is 0 Å². The minimum Gasteiger partial charge on any atom is -0.401 e. The summed E-state index contributed by atoms with van der Waals surface area (Å²) in [6.45, 7) is 2.35. The van der Waals surface area contributed by atoms with Crippen molar-refractivity contribution in [3.05, 3.63) is 11.4 Å². The van der Waals surface area contributed by atoms with Crippen LogP contribution in [0.25, 0.3) is 0 Å². The molecule has 0 aromatic rings. The fourth-order valence-corrected chi connectivity index (χ4v) is 0.528. The second-order valence-corrected chi connectivity index (χ2v) is 1.84. The maximum Gasteiger partial charge on any atom is 0.0455 e. The molecule has 0 radical (unpaired) electrons. The molecule has 7 N–H and O–H groups in total. The molecule has 0 spiro atoms. The molecule has 0 saturated heterocycles. The molecule has 4 heteroatoms. The number of allylic oxidation sites excluding steroid dienone is 1. The van der Waals surface area contributed by atoms with Crippen LogP contribution in [0.3, 0.4) is 0 Å². The summed E-state index contributed by atoms with van der Waals surface area (Å²) in [5, 5.41) is 0. The van der Waals surface area contributed by atoms with Gasteiger partial charge in [-0.25, -0.2) is 0 Å². The summed E-state index contributed by atoms with van der Waals surface area (Å²) in [7, 11) is 0. The lowest BCUT2D eigenvalue weighted by Gasteiger charge is -2.05. The zero-order valence-electron chi connectivity index (χ0n) is 5.65. The summed E-state index contributed by atoms with van der Waals surface area (Å²) in [6, 6.07) is 0. The molecule has 0 fully saturated rings. The maximum atomic E-state index is 5.41. The predicted molar refractivity (Wildman–Crippen MR) is 37.9 cm³/mol. The van der Waals surface area contributed by atoms with Crippen molar-refractivity contribution >= 4 is 0 Å². The number of nitrogens with two attached hydrogens (primary N) is 3. The van der Waals surface area contributed by atoms with E-state index >= 15 is 0 Å². The zero-order valence-corrected chi connectivity index (χ0v) is 5.65. The Morgan fingerprint density at radius 2 is 2.11 bits per heavy atom. The topological polar surface area (TPSA) is 90.1 Å². The number of hydrazine groups is 1. The lowest BCUT2D eigenvalue weighted by molar-refractivity contribution is 0.773. The third-order valence-corrected chi connectivity index (χ3v) is 1.04. The van der Waals surface area contributed by atoms with Crippen LogP contribution in [0.15, 0.2) is 11.4 Å². The first-order valence-corrected chi connectivity index (χ1v) is 2.84. The third-order valence-electron chi connectivity index (χ3n) is 1.04. The molecule has 0 saturated carbocycles. The van der Waals surface area contributed by atoms with Crippen molar-refractivity contribution in [2.24, 2.45) is 17.3 Å². The van der Waals surface area contributed by atoms with Crippen molar-refractivity contribution in [1.82, 2.24) is 5.43 Å². The first-order chi connectivity index (χ1) is 4.22. The third kappa shape index (κ3) is 2.94. The number of nitrogens with one attached hydrogen (secondary N) is 1. The standard InChI is InChI=1S/C5H14N4/c1-4(7)5(9-8)2-3-6/h9H,2-3,6-8H2,1H3/b5-4-. The van der Waals surface area contributed by atoms with Gasteiger partial charge in [0.1, 0.15) is 0 Å². The fraction of sp³-hybridized carbons (Fsp3) is 0.600. The van der Waals surface area contributed by atoms with Crippen molar-refractivity contribution in [1.29, 1.82) is 0 Å². The van der Waals surface area contributed by atoms with E-state index in [2.05, 4.69) is 5.43 Å². The van der Waals surface area contributed by atoms with E-state index < -0.39 is 0 Å². The van der Waals surface area contributed by atoms with Crippen molar-refractivity contribution in [2.45, 2.75) is 13.3 Å². The molecule has 0 atom stereocenters. The zero-order chi connectivity index (χ0) is 7.28. The van der Waals surface area contributed by atoms with Crippen LogP contribution in [0.1, 0.15) is 13.3 Å². The van der Waals surface area contributed by atoms with Gasteiger partial charge in [-0.05, 0) is 13.5 Å². The normalized spacial score (nSPS) is 12.8. The van der Waals surface area contributed by atoms with Crippen LogP contribution in [0.4, 0.5) is 0 Å². The van der Waals surface area contributed by atoms with Crippen molar-refractivity contribution in [3.8, 4) is 0 Å². The van der Waals surface area contributed by atoms with Gasteiger partial charge in [-0.15, -0.1) is 0 Å². The monoisotopic (exact) mass is 130 g/mol. The first kappa shape index (κ1) is 8.26. The van der Waals surface area contributed by atoms with Gasteiger partial charge in [0.15, 0.2) is 0 Å². The highest BCUT2D eigenvalue weighted by molar-refractivity contribution is 5.05. The van der Waals surface area contributed by atoms with Gasteiger partial charge in [0, 0.05) is 17.8 Å². The second kappa shape index (κ2) is 4.17. The SMILES string of the molecule is C/C(N)=C(\CCN)NN. The summed E-state index contributed by atoms with van der Waals surface area (Å²) >= 11 is 0. The summed E-state index contributed by atoms with van der Waals surface area (Å²) < 4.78 is 0. The minimum absolute atomic E-state index is 0.564. The van der Waals surface area contributed by atoms with Gasteiger partial charge in [0.25, 0.3) is 0 Å². The summed E-state index contributed by atoms with van der Waals surface area (Å²) in [4.78, 5) is 0. The van der Waals surface area contributed by atoms with Crippen molar-refractivity contribution in [3.63, 3.8) is 0 Å². The largest absolute Gasteiger partial charge is 0.401 e. The van der Waals surface area contributed by atoms with Crippen LogP contribution >= 0.6 is 0 Å². The van der Waals surface area contributed by atoms with Gasteiger partial charge in [-0.2, -0.15) is 0 Å². The molecule has 0 amide bonds. The predicted octanol–water partition coefficient (Wildman–Crippen LogP) is -1.01. The van der Waals surface area contributed by atoms with E-state index in [4.69, 9.17) is 17.3 Å². The molecule has 0 aromatic heterocycles. The van der Waals surface area contributed by atoms with E-state index in [1.54, 1.807) is 6.92 Å². The first-order valence-electron chi connectivity index (χ1n) is 2.84. The molecule has 54 valence electrons. The molecule has 0 heterocycles. The molecule has 0 aliphatic rings. The Morgan fingerprint density at radius 3 is 2.22 bits per heavy atom. The van der Waals surface area contributed by atoms with E-state index in [-0.39, 0.29) is 0 Å². The maximum absolute atomic E-state index is 5.41. The molecule has 0 bridgehead atoms. The Bertz CT molecular complexity index is 104. The van der Waals surface area contributed by atoms with Crippen LogP contribution in [0.5, 0.6) is 0 Å². The van der Waals surface area contributed by atoms with E-state index in [1.165, 1.54) is 0 Å². The summed E-state index contributed by atoms with van der Waals surface area (Å²) in [5.74, 6) is 5.12. The van der Waals surface area contributed by atoms with E-state index in [9.17, 15) is 0 Å². The van der Waals surface area contributed by atoms with E-state index in [0.29, 0.717) is 18.7 Å². The number of rotatable bonds is 3. The lowest BCUT2D eigenvalue weighted by Crippen LogP contribution is -2.25. The quantitative estimate of drug-likeness (QED) is 0.291. The van der Waals surface area contributed by atoms with Crippen molar-refractivity contribution < 1.29 is 0 Å². The van der Waals surface area contributed by atoms with Crippen LogP contribution < -0.4 is 22.7 Å². The van der Waals surface area contributed by atoms with Crippen LogP contribution in [-0.2, 0) is 0 Å². The van der Waals surface area contributed by atoms with Gasteiger partial charge >= 0.3 is 0 Å². The van der Waals surface area contributed by atoms with E-state index in [0.717, 1.165) is 5.70 Å². The van der Waals surface area contributed by atoms with Crippen LogP contribution in [0, 0.1) is 0 Å². The molecule has 0 aliphatic heterocycles. The highest BCUT2D eigenvalue weighted by atomic mass is 15.2. The average molecular weight is 130 g/mol. The molecule has 9 heavy (non-hydrogen) atoms. The van der Waals surface area contributed by atoms with Gasteiger partial charge in [-0.1, -0.05) is 0 Å². The highest BCUT2D eigenvalue weighted by Gasteiger charge is 1.93.